The highest BCUT2D eigenvalue weighted by Gasteiger charge is 2.30. The van der Waals surface area contributed by atoms with Crippen molar-refractivity contribution in [3.63, 3.8) is 0 Å². The summed E-state index contributed by atoms with van der Waals surface area (Å²) >= 11 is 1.39. The normalized spacial score (nSPS) is 14.9. The van der Waals surface area contributed by atoms with Gasteiger partial charge in [-0.05, 0) is 25.4 Å². The molecular weight excluding hydrogens is 396 g/mol. The summed E-state index contributed by atoms with van der Waals surface area (Å²) in [5, 5.41) is 33.3. The summed E-state index contributed by atoms with van der Waals surface area (Å²) in [7, 11) is 0. The van der Waals surface area contributed by atoms with E-state index in [9.17, 15) is 24.0 Å². The van der Waals surface area contributed by atoms with Gasteiger partial charge in [-0.3, -0.25) is 24.0 Å². The van der Waals surface area contributed by atoms with Gasteiger partial charge in [0.15, 0.2) is 0 Å². The second-order valence-corrected chi connectivity index (χ2v) is 6.84. The summed E-state index contributed by atoms with van der Waals surface area (Å²) in [5.74, 6) is -4.89. The van der Waals surface area contributed by atoms with Gasteiger partial charge in [-0.15, -0.1) is 0 Å². The van der Waals surface area contributed by atoms with E-state index < -0.39 is 66.9 Å². The molecule has 0 aromatic carbocycles. The molecule has 0 aromatic rings. The molecule has 4 atom stereocenters. The molecule has 0 bridgehead atoms. The van der Waals surface area contributed by atoms with Crippen LogP contribution in [0.1, 0.15) is 19.8 Å². The molecule has 0 heterocycles. The molecule has 0 radical (unpaired) electrons. The summed E-state index contributed by atoms with van der Waals surface area (Å²) < 4.78 is 0. The Morgan fingerprint density at radius 1 is 0.964 bits per heavy atom. The highest BCUT2D eigenvalue weighted by molar-refractivity contribution is 7.98. The van der Waals surface area contributed by atoms with Gasteiger partial charge in [-0.2, -0.15) is 11.8 Å². The number of aliphatic hydroxyl groups excluding tert-OH is 1. The number of carbonyl (C=O) groups is 5. The lowest BCUT2D eigenvalue weighted by atomic mass is 10.1. The molecule has 13 heteroatoms. The van der Waals surface area contributed by atoms with E-state index >= 15 is 0 Å². The van der Waals surface area contributed by atoms with Crippen molar-refractivity contribution in [1.82, 2.24) is 16.0 Å². The van der Waals surface area contributed by atoms with Crippen molar-refractivity contribution < 1.29 is 39.3 Å². The number of aliphatic carboxylic acids is 2. The van der Waals surface area contributed by atoms with Crippen LogP contribution in [0.5, 0.6) is 0 Å². The fourth-order valence-electron chi connectivity index (χ4n) is 1.90. The van der Waals surface area contributed by atoms with E-state index in [-0.39, 0.29) is 6.42 Å². The number of aliphatic hydroxyl groups is 1. The van der Waals surface area contributed by atoms with Crippen LogP contribution in [-0.4, -0.2) is 87.8 Å². The monoisotopic (exact) mass is 422 g/mol. The van der Waals surface area contributed by atoms with Crippen LogP contribution in [0.3, 0.4) is 0 Å². The van der Waals surface area contributed by atoms with Crippen molar-refractivity contribution in [1.29, 1.82) is 0 Å². The van der Waals surface area contributed by atoms with Gasteiger partial charge in [-0.25, -0.2) is 0 Å². The molecule has 3 amide bonds. The van der Waals surface area contributed by atoms with Gasteiger partial charge in [0.1, 0.15) is 24.2 Å². The minimum absolute atomic E-state index is 0.157. The zero-order chi connectivity index (χ0) is 21.9. The van der Waals surface area contributed by atoms with Crippen LogP contribution in [0.4, 0.5) is 0 Å². The lowest BCUT2D eigenvalue weighted by Gasteiger charge is -2.23. The zero-order valence-corrected chi connectivity index (χ0v) is 16.3. The zero-order valence-electron chi connectivity index (χ0n) is 15.5. The number of nitrogens with two attached hydrogens (primary N) is 1. The van der Waals surface area contributed by atoms with Crippen molar-refractivity contribution in [2.45, 2.75) is 43.9 Å². The van der Waals surface area contributed by atoms with Crippen LogP contribution in [0.25, 0.3) is 0 Å². The van der Waals surface area contributed by atoms with E-state index in [1.54, 1.807) is 6.26 Å². The summed E-state index contributed by atoms with van der Waals surface area (Å²) in [6.07, 6.45) is 1.14. The lowest BCUT2D eigenvalue weighted by Crippen LogP contribution is -2.57. The first-order chi connectivity index (χ1) is 13.0. The molecule has 0 aliphatic carbocycles. The van der Waals surface area contributed by atoms with Crippen molar-refractivity contribution in [2.75, 3.05) is 18.6 Å². The van der Waals surface area contributed by atoms with Crippen LogP contribution in [0, 0.1) is 0 Å². The quantitative estimate of drug-likeness (QED) is 0.161. The highest BCUT2D eigenvalue weighted by atomic mass is 32.2. The predicted octanol–water partition coefficient (Wildman–Crippen LogP) is -2.91. The fourth-order valence-corrected chi connectivity index (χ4v) is 2.37. The third-order valence-corrected chi connectivity index (χ3v) is 4.16. The molecular formula is C15H26N4O8S. The number of thioether (sulfide) groups is 1. The minimum atomic E-state index is -1.55. The standard InChI is InChI=1S/C15H26N4O8S/c1-7(15(26)27)17-14(25)10(5-11(21)22)19-13(24)9(3-4-28-2)18-12(23)8(16)6-20/h7-10,20H,3-6,16H2,1-2H3,(H,17,25)(H,18,23)(H,19,24)(H,21,22)(H,26,27). The molecule has 0 aromatic heterocycles. The van der Waals surface area contributed by atoms with Crippen molar-refractivity contribution in [2.24, 2.45) is 5.73 Å². The number of carboxylic acid groups (broad SMARTS) is 2. The van der Waals surface area contributed by atoms with Crippen molar-refractivity contribution >= 4 is 41.4 Å². The van der Waals surface area contributed by atoms with Crippen LogP contribution in [0.2, 0.25) is 0 Å². The average Bonchev–Trinajstić information content (AvgIpc) is 2.62. The van der Waals surface area contributed by atoms with Crippen LogP contribution in [-0.2, 0) is 24.0 Å². The van der Waals surface area contributed by atoms with E-state index in [0.717, 1.165) is 0 Å². The van der Waals surface area contributed by atoms with Gasteiger partial charge in [0.05, 0.1) is 13.0 Å². The molecule has 0 rings (SSSR count). The third-order valence-electron chi connectivity index (χ3n) is 3.52. The smallest absolute Gasteiger partial charge is 0.325 e. The predicted molar refractivity (Wildman–Crippen MR) is 99.4 cm³/mol. The maximum atomic E-state index is 12.5. The Labute approximate surface area is 165 Å². The minimum Gasteiger partial charge on any atom is -0.481 e. The summed E-state index contributed by atoms with van der Waals surface area (Å²) in [4.78, 5) is 58.3. The number of hydrogen-bond donors (Lipinski definition) is 7. The van der Waals surface area contributed by atoms with E-state index in [4.69, 9.17) is 21.1 Å². The largest absolute Gasteiger partial charge is 0.481 e. The Bertz CT molecular complexity index is 588. The second kappa shape index (κ2) is 12.9. The van der Waals surface area contributed by atoms with Crippen molar-refractivity contribution in [3.8, 4) is 0 Å². The molecule has 0 fully saturated rings. The molecule has 0 saturated carbocycles. The molecule has 0 spiro atoms. The molecule has 0 aliphatic heterocycles. The summed E-state index contributed by atoms with van der Waals surface area (Å²) in [5.41, 5.74) is 5.40. The molecule has 4 unspecified atom stereocenters. The molecule has 28 heavy (non-hydrogen) atoms. The Hall–Kier alpha value is -2.38. The van der Waals surface area contributed by atoms with Gasteiger partial charge < -0.3 is 37.0 Å². The first kappa shape index (κ1) is 25.6. The first-order valence-electron chi connectivity index (χ1n) is 8.24. The SMILES string of the molecule is CSCCC(NC(=O)C(N)CO)C(=O)NC(CC(=O)O)C(=O)NC(C)C(=O)O. The Morgan fingerprint density at radius 3 is 1.96 bits per heavy atom. The topological polar surface area (TPSA) is 208 Å². The van der Waals surface area contributed by atoms with Crippen LogP contribution >= 0.6 is 11.8 Å². The summed E-state index contributed by atoms with van der Waals surface area (Å²) in [6.45, 7) is 0.539. The van der Waals surface area contributed by atoms with Crippen LogP contribution < -0.4 is 21.7 Å². The molecule has 0 aliphatic rings. The maximum Gasteiger partial charge on any atom is 0.325 e. The summed E-state index contributed by atoms with van der Waals surface area (Å²) in [6, 6.07) is -5.22. The maximum absolute atomic E-state index is 12.5. The number of rotatable bonds is 13. The number of hydrogen-bond acceptors (Lipinski definition) is 8. The molecule has 160 valence electrons. The van der Waals surface area contributed by atoms with Crippen molar-refractivity contribution in [3.05, 3.63) is 0 Å². The van der Waals surface area contributed by atoms with Gasteiger partial charge >= 0.3 is 11.9 Å². The van der Waals surface area contributed by atoms with Gasteiger partial charge in [0, 0.05) is 0 Å². The number of nitrogens with one attached hydrogen (secondary N) is 3. The van der Waals surface area contributed by atoms with E-state index in [2.05, 4.69) is 16.0 Å². The fraction of sp³-hybridized carbons (Fsp3) is 0.667. The Kier molecular flexibility index (Phi) is 11.8. The first-order valence-corrected chi connectivity index (χ1v) is 9.63. The van der Waals surface area contributed by atoms with E-state index in [1.807, 2.05) is 0 Å². The molecule has 12 nitrogen and oxygen atoms in total. The highest BCUT2D eigenvalue weighted by Crippen LogP contribution is 2.04. The lowest BCUT2D eigenvalue weighted by molar-refractivity contribution is -0.143. The Morgan fingerprint density at radius 2 is 1.50 bits per heavy atom. The van der Waals surface area contributed by atoms with E-state index in [0.29, 0.717) is 5.75 Å². The van der Waals surface area contributed by atoms with Gasteiger partial charge in [0.2, 0.25) is 17.7 Å². The van der Waals surface area contributed by atoms with Gasteiger partial charge in [-0.1, -0.05) is 0 Å². The third kappa shape index (κ3) is 9.53. The van der Waals surface area contributed by atoms with Gasteiger partial charge in [0.25, 0.3) is 0 Å². The second-order valence-electron chi connectivity index (χ2n) is 5.86. The Balaban J connectivity index is 5.26. The van der Waals surface area contributed by atoms with Crippen LogP contribution in [0.15, 0.2) is 0 Å². The molecule has 0 saturated heterocycles. The number of carboxylic acids is 2. The average molecular weight is 422 g/mol. The molecule has 8 N–H and O–H groups in total. The number of amides is 3. The number of carbonyl (C=O) groups excluding carboxylic acids is 3. The van der Waals surface area contributed by atoms with E-state index in [1.165, 1.54) is 18.7 Å².